The van der Waals surface area contributed by atoms with Crippen LogP contribution in [0.2, 0.25) is 0 Å². The Bertz CT molecular complexity index is 1350. The predicted octanol–water partition coefficient (Wildman–Crippen LogP) is 0.698. The van der Waals surface area contributed by atoms with Crippen LogP contribution in [0, 0.1) is 11.8 Å². The lowest BCUT2D eigenvalue weighted by Crippen LogP contribution is -2.60. The maximum Gasteiger partial charge on any atom is 0.229 e. The van der Waals surface area contributed by atoms with Crippen molar-refractivity contribution in [1.29, 1.82) is 0 Å². The molecule has 3 aliphatic rings. The van der Waals surface area contributed by atoms with Gasteiger partial charge in [-0.1, -0.05) is 0 Å². The highest BCUT2D eigenvalue weighted by molar-refractivity contribution is 5.65. The zero-order valence-electron chi connectivity index (χ0n) is 25.8. The number of phenolic OH excluding ortho intramolecular Hbond substituents is 1. The Labute approximate surface area is 259 Å². The van der Waals surface area contributed by atoms with Gasteiger partial charge in [-0.15, -0.1) is 0 Å². The maximum absolute atomic E-state index is 11.2. The molecular weight excluding hydrogens is 600 g/mol. The van der Waals surface area contributed by atoms with Gasteiger partial charge in [0.1, 0.15) is 24.4 Å². The van der Waals surface area contributed by atoms with Crippen LogP contribution >= 0.6 is 0 Å². The van der Waals surface area contributed by atoms with Gasteiger partial charge in [-0.3, -0.25) is 0 Å². The smallest absolute Gasteiger partial charge is 0.229 e. The molecule has 0 amide bonds. The number of hydrogen-bond acceptors (Lipinski definition) is 15. The molecular formula is C30H40O15. The Morgan fingerprint density at radius 2 is 1.16 bits per heavy atom. The Hall–Kier alpha value is -3.44. The topological polar surface area (TPSA) is 193 Å². The molecule has 0 unspecified atom stereocenters. The molecule has 3 aliphatic heterocycles. The molecule has 45 heavy (non-hydrogen) atoms. The molecule has 2 aromatic carbocycles. The van der Waals surface area contributed by atoms with Gasteiger partial charge in [-0.25, -0.2) is 0 Å². The van der Waals surface area contributed by atoms with Crippen LogP contribution in [0.1, 0.15) is 23.3 Å². The van der Waals surface area contributed by atoms with Gasteiger partial charge in [0.25, 0.3) is 0 Å². The largest absolute Gasteiger partial charge is 0.504 e. The number of ether oxygens (including phenoxy) is 10. The summed E-state index contributed by atoms with van der Waals surface area (Å²) in [6.07, 6.45) is -8.93. The van der Waals surface area contributed by atoms with Gasteiger partial charge < -0.3 is 72.9 Å². The zero-order chi connectivity index (χ0) is 32.6. The number of hydrogen-bond donors (Lipinski definition) is 5. The van der Waals surface area contributed by atoms with Crippen LogP contribution in [-0.2, 0) is 14.2 Å². The summed E-state index contributed by atoms with van der Waals surface area (Å²) in [5.41, 5.74) is 0.872. The van der Waals surface area contributed by atoms with Gasteiger partial charge in [0, 0.05) is 23.0 Å². The Morgan fingerprint density at radius 1 is 0.644 bits per heavy atom. The molecule has 5 rings (SSSR count). The Balaban J connectivity index is 1.54. The molecule has 0 bridgehead atoms. The van der Waals surface area contributed by atoms with Gasteiger partial charge in [-0.2, -0.15) is 0 Å². The van der Waals surface area contributed by atoms with Crippen molar-refractivity contribution < 1.29 is 72.9 Å². The number of benzene rings is 2. The average Bonchev–Trinajstić information content (AvgIpc) is 3.66. The molecule has 3 saturated heterocycles. The lowest BCUT2D eigenvalue weighted by molar-refractivity contribution is -0.277. The van der Waals surface area contributed by atoms with E-state index in [9.17, 15) is 25.5 Å². The van der Waals surface area contributed by atoms with E-state index in [1.54, 1.807) is 12.1 Å². The van der Waals surface area contributed by atoms with E-state index in [2.05, 4.69) is 0 Å². The molecule has 3 fully saturated rings. The first-order valence-corrected chi connectivity index (χ1v) is 14.2. The zero-order valence-corrected chi connectivity index (χ0v) is 25.8. The average molecular weight is 641 g/mol. The van der Waals surface area contributed by atoms with Crippen molar-refractivity contribution in [2.24, 2.45) is 11.8 Å². The lowest BCUT2D eigenvalue weighted by atomic mass is 9.84. The van der Waals surface area contributed by atoms with Crippen molar-refractivity contribution in [2.45, 2.75) is 42.9 Å². The second-order valence-corrected chi connectivity index (χ2v) is 10.8. The first-order chi connectivity index (χ1) is 21.7. The van der Waals surface area contributed by atoms with Crippen LogP contribution in [0.25, 0.3) is 0 Å². The van der Waals surface area contributed by atoms with Crippen LogP contribution < -0.4 is 33.2 Å². The second-order valence-electron chi connectivity index (χ2n) is 10.8. The van der Waals surface area contributed by atoms with Crippen LogP contribution in [0.4, 0.5) is 0 Å². The molecule has 0 spiro atoms. The van der Waals surface area contributed by atoms with E-state index in [0.717, 1.165) is 0 Å². The molecule has 15 nitrogen and oxygen atoms in total. The number of fused-ring (bicyclic) bond motifs is 1. The molecule has 3 heterocycles. The number of aliphatic hydroxyl groups excluding tert-OH is 4. The number of methoxy groups -OCH3 is 6. The van der Waals surface area contributed by atoms with Crippen LogP contribution in [0.15, 0.2) is 12.1 Å². The Morgan fingerprint density at radius 3 is 1.67 bits per heavy atom. The predicted molar refractivity (Wildman–Crippen MR) is 153 cm³/mol. The molecule has 9 atom stereocenters. The first-order valence-electron chi connectivity index (χ1n) is 14.2. The van der Waals surface area contributed by atoms with E-state index in [4.69, 9.17) is 47.4 Å². The van der Waals surface area contributed by atoms with Crippen molar-refractivity contribution in [2.75, 3.05) is 62.5 Å². The van der Waals surface area contributed by atoms with E-state index in [0.29, 0.717) is 22.6 Å². The summed E-state index contributed by atoms with van der Waals surface area (Å²) in [5, 5.41) is 52.3. The summed E-state index contributed by atoms with van der Waals surface area (Å²) >= 11 is 0. The van der Waals surface area contributed by atoms with Crippen molar-refractivity contribution in [3.8, 4) is 46.0 Å². The fourth-order valence-corrected chi connectivity index (χ4v) is 6.33. The molecule has 2 aromatic rings. The summed E-state index contributed by atoms with van der Waals surface area (Å²) in [6, 6.07) is 3.29. The number of phenols is 1. The highest BCUT2D eigenvalue weighted by atomic mass is 16.7. The molecule has 15 heteroatoms. The van der Waals surface area contributed by atoms with Crippen LogP contribution in [0.3, 0.4) is 0 Å². The molecule has 0 radical (unpaired) electrons. The molecule has 5 N–H and O–H groups in total. The third-order valence-electron chi connectivity index (χ3n) is 8.61. The summed E-state index contributed by atoms with van der Waals surface area (Å²) in [7, 11) is 8.60. The summed E-state index contributed by atoms with van der Waals surface area (Å²) in [6.45, 7) is -0.179. The van der Waals surface area contributed by atoms with Gasteiger partial charge in [0.2, 0.25) is 29.3 Å². The first kappa shape index (κ1) is 32.9. The van der Waals surface area contributed by atoms with E-state index in [1.807, 2.05) is 0 Å². The quantitative estimate of drug-likeness (QED) is 0.230. The fourth-order valence-electron chi connectivity index (χ4n) is 6.33. The maximum atomic E-state index is 11.2. The molecule has 0 aromatic heterocycles. The SMILES string of the molecule is COc1cc([C@@H]2OC[C@H]3[C@@H]2CO[C@@H]3c2cc(OC)c(OC)c(OC)c2O[C@@H]2O[C@H](CO)[C@@H](O)[C@H](O)[C@H]2O)c(O)c(OC)c1OC. The molecule has 250 valence electrons. The molecule has 0 saturated carbocycles. The number of rotatable bonds is 11. The summed E-state index contributed by atoms with van der Waals surface area (Å²) in [4.78, 5) is 0. The molecule has 0 aliphatic carbocycles. The van der Waals surface area contributed by atoms with Gasteiger partial charge >= 0.3 is 0 Å². The normalized spacial score (nSPS) is 30.8. The third kappa shape index (κ3) is 5.52. The van der Waals surface area contributed by atoms with Crippen LogP contribution in [-0.4, -0.2) is 119 Å². The Kier molecular flexibility index (Phi) is 9.88. The minimum atomic E-state index is -1.69. The summed E-state index contributed by atoms with van der Waals surface area (Å²) in [5.74, 6) is 0.663. The third-order valence-corrected chi connectivity index (χ3v) is 8.61. The fraction of sp³-hybridized carbons (Fsp3) is 0.600. The lowest BCUT2D eigenvalue weighted by Gasteiger charge is -2.40. The van der Waals surface area contributed by atoms with Gasteiger partial charge in [0.05, 0.1) is 74.7 Å². The monoisotopic (exact) mass is 640 g/mol. The van der Waals surface area contributed by atoms with Crippen LogP contribution in [0.5, 0.6) is 46.0 Å². The van der Waals surface area contributed by atoms with Crippen molar-refractivity contribution in [3.05, 3.63) is 23.3 Å². The second kappa shape index (κ2) is 13.5. The van der Waals surface area contributed by atoms with E-state index >= 15 is 0 Å². The van der Waals surface area contributed by atoms with Gasteiger partial charge in [-0.05, 0) is 12.1 Å². The highest BCUT2D eigenvalue weighted by Crippen LogP contribution is 2.58. The summed E-state index contributed by atoms with van der Waals surface area (Å²) < 4.78 is 57.6. The minimum absolute atomic E-state index is 0.0595. The van der Waals surface area contributed by atoms with E-state index < -0.39 is 49.5 Å². The number of aliphatic hydroxyl groups is 4. The van der Waals surface area contributed by atoms with E-state index in [-0.39, 0.29) is 59.5 Å². The highest BCUT2D eigenvalue weighted by Gasteiger charge is 2.51. The minimum Gasteiger partial charge on any atom is -0.504 e. The standard InChI is InChI=1S/C30H40O15/c1-36-16-7-12(19(32)28(40-5)26(16)38-3)23-14-10-43-24(15(14)11-42-23)13-8-17(37-2)27(39-4)29(41-6)25(13)45-30-22(35)21(34)20(33)18(9-31)44-30/h7-8,14-15,18,20-24,30-35H,9-11H2,1-6H3/t14-,15-,18+,20+,21-,22+,23-,24+,30-/m0/s1. The van der Waals surface area contributed by atoms with Crippen molar-refractivity contribution in [3.63, 3.8) is 0 Å². The number of aromatic hydroxyl groups is 1. The van der Waals surface area contributed by atoms with Crippen molar-refractivity contribution in [1.82, 2.24) is 0 Å². The van der Waals surface area contributed by atoms with E-state index in [1.165, 1.54) is 42.7 Å². The van der Waals surface area contributed by atoms with Gasteiger partial charge in [0.15, 0.2) is 23.0 Å². The van der Waals surface area contributed by atoms with Crippen molar-refractivity contribution >= 4 is 0 Å².